The molecule has 1 aromatic carbocycles. The number of aromatic amines is 1. The number of hydrogen-bond acceptors (Lipinski definition) is 3. The summed E-state index contributed by atoms with van der Waals surface area (Å²) >= 11 is 0. The summed E-state index contributed by atoms with van der Waals surface area (Å²) in [5, 5.41) is 2.56. The maximum Gasteiger partial charge on any atom is 0.414 e. The molecule has 5 heteroatoms. The molecule has 90 valence electrons. The van der Waals surface area contributed by atoms with Gasteiger partial charge >= 0.3 is 6.09 Å². The molecule has 0 radical (unpaired) electrons. The van der Waals surface area contributed by atoms with E-state index in [1.807, 2.05) is 45.0 Å². The summed E-state index contributed by atoms with van der Waals surface area (Å²) in [5.41, 5.74) is 1.16. The highest BCUT2D eigenvalue weighted by atomic mass is 16.6. The highest BCUT2D eigenvalue weighted by Gasteiger charge is 2.17. The number of para-hydroxylation sites is 2. The molecule has 2 rings (SSSR count). The molecule has 0 atom stereocenters. The molecule has 2 N–H and O–H groups in total. The van der Waals surface area contributed by atoms with Crippen molar-refractivity contribution < 1.29 is 9.53 Å². The topological polar surface area (TPSA) is 67.0 Å². The number of carbonyl (C=O) groups excluding carboxylic acids is 1. The summed E-state index contributed by atoms with van der Waals surface area (Å²) in [6.45, 7) is 5.43. The van der Waals surface area contributed by atoms with Crippen molar-refractivity contribution in [2.24, 2.45) is 0 Å². The third kappa shape index (κ3) is 2.96. The minimum atomic E-state index is -0.518. The largest absolute Gasteiger partial charge is 0.444 e. The second-order valence-corrected chi connectivity index (χ2v) is 4.73. The zero-order valence-corrected chi connectivity index (χ0v) is 10.1. The van der Waals surface area contributed by atoms with E-state index in [2.05, 4.69) is 15.3 Å². The predicted octanol–water partition coefficient (Wildman–Crippen LogP) is 2.91. The molecule has 0 saturated carbocycles. The second kappa shape index (κ2) is 4.08. The van der Waals surface area contributed by atoms with Crippen LogP contribution in [0.25, 0.3) is 11.0 Å². The van der Waals surface area contributed by atoms with Crippen LogP contribution in [0.2, 0.25) is 0 Å². The van der Waals surface area contributed by atoms with Crippen LogP contribution in [-0.4, -0.2) is 21.7 Å². The van der Waals surface area contributed by atoms with Gasteiger partial charge in [0.2, 0.25) is 5.95 Å². The molecule has 17 heavy (non-hydrogen) atoms. The number of fused-ring (bicyclic) bond motifs is 1. The van der Waals surface area contributed by atoms with Crippen LogP contribution in [0.4, 0.5) is 10.7 Å². The average molecular weight is 233 g/mol. The Morgan fingerprint density at radius 1 is 1.35 bits per heavy atom. The van der Waals surface area contributed by atoms with Crippen LogP contribution in [0.1, 0.15) is 20.8 Å². The number of anilines is 1. The number of benzene rings is 1. The van der Waals surface area contributed by atoms with Gasteiger partial charge in [-0.1, -0.05) is 12.1 Å². The smallest absolute Gasteiger partial charge is 0.414 e. The van der Waals surface area contributed by atoms with Crippen LogP contribution in [0, 0.1) is 0 Å². The van der Waals surface area contributed by atoms with Gasteiger partial charge in [-0.3, -0.25) is 5.32 Å². The van der Waals surface area contributed by atoms with Gasteiger partial charge in [0.15, 0.2) is 0 Å². The lowest BCUT2D eigenvalue weighted by Crippen LogP contribution is -2.27. The molecular weight excluding hydrogens is 218 g/mol. The van der Waals surface area contributed by atoms with Crippen molar-refractivity contribution >= 4 is 23.1 Å². The van der Waals surface area contributed by atoms with E-state index < -0.39 is 11.7 Å². The fraction of sp³-hybridized carbons (Fsp3) is 0.333. The number of amides is 1. The van der Waals surface area contributed by atoms with Crippen LogP contribution < -0.4 is 5.32 Å². The number of imidazole rings is 1. The molecule has 1 heterocycles. The SMILES string of the molecule is CC(C)(C)OC(=O)Nc1nc2ccccc2[nH]1. The zero-order valence-electron chi connectivity index (χ0n) is 10.1. The van der Waals surface area contributed by atoms with E-state index in [0.717, 1.165) is 11.0 Å². The Hall–Kier alpha value is -2.04. The van der Waals surface area contributed by atoms with Gasteiger partial charge in [0.25, 0.3) is 0 Å². The standard InChI is InChI=1S/C12H15N3O2/c1-12(2,3)17-11(16)15-10-13-8-6-4-5-7-9(8)14-10/h4-7H,1-3H3,(H2,13,14,15,16). The van der Waals surface area contributed by atoms with Crippen LogP contribution in [0.3, 0.4) is 0 Å². The first-order valence-corrected chi connectivity index (χ1v) is 5.39. The van der Waals surface area contributed by atoms with Crippen molar-refractivity contribution in [1.29, 1.82) is 0 Å². The van der Waals surface area contributed by atoms with Crippen molar-refractivity contribution in [3.05, 3.63) is 24.3 Å². The molecule has 0 unspecified atom stereocenters. The predicted molar refractivity (Wildman–Crippen MR) is 66.0 cm³/mol. The molecule has 1 amide bonds. The zero-order chi connectivity index (χ0) is 12.5. The van der Waals surface area contributed by atoms with Gasteiger partial charge < -0.3 is 9.72 Å². The summed E-state index contributed by atoms with van der Waals surface area (Å²) in [7, 11) is 0. The molecule has 0 bridgehead atoms. The lowest BCUT2D eigenvalue weighted by molar-refractivity contribution is 0.0635. The summed E-state index contributed by atoms with van der Waals surface area (Å²) in [6.07, 6.45) is -0.517. The van der Waals surface area contributed by atoms with E-state index in [9.17, 15) is 4.79 Å². The van der Waals surface area contributed by atoms with Crippen LogP contribution in [-0.2, 0) is 4.74 Å². The van der Waals surface area contributed by atoms with Gasteiger partial charge in [0, 0.05) is 0 Å². The van der Waals surface area contributed by atoms with E-state index in [1.165, 1.54) is 0 Å². The van der Waals surface area contributed by atoms with E-state index in [-0.39, 0.29) is 0 Å². The molecule has 0 saturated heterocycles. The number of aromatic nitrogens is 2. The van der Waals surface area contributed by atoms with Gasteiger partial charge in [-0.05, 0) is 32.9 Å². The van der Waals surface area contributed by atoms with Crippen molar-refractivity contribution in [2.75, 3.05) is 5.32 Å². The number of nitrogens with one attached hydrogen (secondary N) is 2. The summed E-state index contributed by atoms with van der Waals surface area (Å²) < 4.78 is 5.13. The Kier molecular flexibility index (Phi) is 2.75. The Labute approximate surface area is 99.2 Å². The van der Waals surface area contributed by atoms with Gasteiger partial charge in [-0.15, -0.1) is 0 Å². The number of hydrogen-bond donors (Lipinski definition) is 2. The minimum Gasteiger partial charge on any atom is -0.444 e. The second-order valence-electron chi connectivity index (χ2n) is 4.73. The molecule has 0 aliphatic carbocycles. The van der Waals surface area contributed by atoms with Crippen LogP contribution in [0.5, 0.6) is 0 Å². The molecule has 0 aliphatic heterocycles. The molecular formula is C12H15N3O2. The third-order valence-electron chi connectivity index (χ3n) is 2.01. The molecule has 2 aromatic rings. The quantitative estimate of drug-likeness (QED) is 0.795. The minimum absolute atomic E-state index is 0.389. The Bertz CT molecular complexity index is 507. The summed E-state index contributed by atoms with van der Waals surface area (Å²) in [4.78, 5) is 18.7. The molecule has 0 fully saturated rings. The maximum absolute atomic E-state index is 11.5. The molecule has 1 aromatic heterocycles. The fourth-order valence-electron chi connectivity index (χ4n) is 1.41. The Balaban J connectivity index is 2.11. The first-order chi connectivity index (χ1) is 7.94. The Morgan fingerprint density at radius 3 is 2.71 bits per heavy atom. The van der Waals surface area contributed by atoms with E-state index >= 15 is 0 Å². The Morgan fingerprint density at radius 2 is 2.06 bits per heavy atom. The molecule has 5 nitrogen and oxygen atoms in total. The molecule has 0 spiro atoms. The number of carbonyl (C=O) groups is 1. The van der Waals surface area contributed by atoms with E-state index in [1.54, 1.807) is 0 Å². The lowest BCUT2D eigenvalue weighted by Gasteiger charge is -2.18. The first kappa shape index (κ1) is 11.4. The maximum atomic E-state index is 11.5. The van der Waals surface area contributed by atoms with E-state index in [4.69, 9.17) is 4.74 Å². The normalized spacial score (nSPS) is 11.5. The first-order valence-electron chi connectivity index (χ1n) is 5.39. The highest BCUT2D eigenvalue weighted by Crippen LogP contribution is 2.14. The van der Waals surface area contributed by atoms with Gasteiger partial charge in [0.1, 0.15) is 5.60 Å². The van der Waals surface area contributed by atoms with Crippen molar-refractivity contribution in [1.82, 2.24) is 9.97 Å². The highest BCUT2D eigenvalue weighted by molar-refractivity contribution is 5.86. The van der Waals surface area contributed by atoms with Crippen molar-refractivity contribution in [3.8, 4) is 0 Å². The fourth-order valence-corrected chi connectivity index (χ4v) is 1.41. The monoisotopic (exact) mass is 233 g/mol. The number of nitrogens with zero attached hydrogens (tertiary/aromatic N) is 1. The van der Waals surface area contributed by atoms with Crippen molar-refractivity contribution in [3.63, 3.8) is 0 Å². The van der Waals surface area contributed by atoms with Crippen LogP contribution in [0.15, 0.2) is 24.3 Å². The number of rotatable bonds is 1. The van der Waals surface area contributed by atoms with Crippen molar-refractivity contribution in [2.45, 2.75) is 26.4 Å². The summed E-state index contributed by atoms with van der Waals surface area (Å²) in [5.74, 6) is 0.389. The van der Waals surface area contributed by atoms with Gasteiger partial charge in [-0.25, -0.2) is 9.78 Å². The summed E-state index contributed by atoms with van der Waals surface area (Å²) in [6, 6.07) is 7.55. The van der Waals surface area contributed by atoms with Gasteiger partial charge in [-0.2, -0.15) is 0 Å². The number of ether oxygens (including phenoxy) is 1. The van der Waals surface area contributed by atoms with Gasteiger partial charge in [0.05, 0.1) is 11.0 Å². The average Bonchev–Trinajstić information content (AvgIpc) is 2.55. The van der Waals surface area contributed by atoms with Crippen LogP contribution >= 0.6 is 0 Å². The number of H-pyrrole nitrogens is 1. The van der Waals surface area contributed by atoms with E-state index in [0.29, 0.717) is 5.95 Å². The lowest BCUT2D eigenvalue weighted by atomic mass is 10.2. The third-order valence-corrected chi connectivity index (χ3v) is 2.01. The molecule has 0 aliphatic rings.